The van der Waals surface area contributed by atoms with Crippen LogP contribution in [0.4, 0.5) is 0 Å². The first-order chi connectivity index (χ1) is 8.19. The molecule has 0 aliphatic carbocycles. The van der Waals surface area contributed by atoms with Gasteiger partial charge in [0.25, 0.3) is 0 Å². The van der Waals surface area contributed by atoms with Crippen molar-refractivity contribution in [3.8, 4) is 11.5 Å². The third kappa shape index (κ3) is 4.11. The highest BCUT2D eigenvalue weighted by Gasteiger charge is 2.09. The molecule has 0 fully saturated rings. The summed E-state index contributed by atoms with van der Waals surface area (Å²) in [5.74, 6) is 1.55. The maximum absolute atomic E-state index is 5.79. The maximum Gasteiger partial charge on any atom is 0.168 e. The summed E-state index contributed by atoms with van der Waals surface area (Å²) >= 11 is 0. The van der Waals surface area contributed by atoms with Crippen LogP contribution in [0, 0.1) is 0 Å². The number of ether oxygens (including phenoxy) is 2. The van der Waals surface area contributed by atoms with Gasteiger partial charge in [0.15, 0.2) is 11.5 Å². The Labute approximate surface area is 103 Å². The van der Waals surface area contributed by atoms with Gasteiger partial charge in [-0.15, -0.1) is 0 Å². The molecule has 1 rings (SSSR count). The monoisotopic (exact) mass is 235 g/mol. The second-order valence-corrected chi connectivity index (χ2v) is 4.02. The molecule has 0 unspecified atom stereocenters. The molecule has 3 nitrogen and oxygen atoms in total. The average molecular weight is 235 g/mol. The van der Waals surface area contributed by atoms with Crippen LogP contribution < -0.4 is 15.2 Å². The van der Waals surface area contributed by atoms with Crippen LogP contribution in [0.15, 0.2) is 24.3 Å². The van der Waals surface area contributed by atoms with Crippen LogP contribution in [-0.2, 0) is 0 Å². The zero-order valence-corrected chi connectivity index (χ0v) is 10.8. The molecular formula is C14H21NO2. The number of nitrogens with two attached hydrogens (primary N) is 1. The molecule has 1 aromatic rings. The Morgan fingerprint density at radius 3 is 2.71 bits per heavy atom. The summed E-state index contributed by atoms with van der Waals surface area (Å²) in [6.07, 6.45) is 5.04. The molecule has 0 saturated carbocycles. The third-order valence-electron chi connectivity index (χ3n) is 2.21. The Morgan fingerprint density at radius 2 is 2.12 bits per heavy atom. The molecule has 1 aromatic carbocycles. The smallest absolute Gasteiger partial charge is 0.168 e. The molecule has 0 spiro atoms. The molecule has 0 amide bonds. The number of benzene rings is 1. The highest BCUT2D eigenvalue weighted by atomic mass is 16.5. The van der Waals surface area contributed by atoms with E-state index in [1.165, 1.54) is 0 Å². The van der Waals surface area contributed by atoms with Gasteiger partial charge in [-0.3, -0.25) is 0 Å². The first-order valence-electron chi connectivity index (χ1n) is 5.89. The highest BCUT2D eigenvalue weighted by molar-refractivity contribution is 5.62. The lowest BCUT2D eigenvalue weighted by molar-refractivity contribution is 0.229. The van der Waals surface area contributed by atoms with Crippen molar-refractivity contribution < 1.29 is 9.47 Å². The van der Waals surface area contributed by atoms with Gasteiger partial charge in [0.1, 0.15) is 0 Å². The van der Waals surface area contributed by atoms with Crippen molar-refractivity contribution in [1.82, 2.24) is 0 Å². The molecular weight excluding hydrogens is 214 g/mol. The molecule has 0 bridgehead atoms. The maximum atomic E-state index is 5.79. The van der Waals surface area contributed by atoms with Crippen LogP contribution in [0.25, 0.3) is 6.08 Å². The van der Waals surface area contributed by atoms with E-state index < -0.39 is 0 Å². The van der Waals surface area contributed by atoms with Gasteiger partial charge >= 0.3 is 0 Å². The topological polar surface area (TPSA) is 44.5 Å². The number of hydrogen-bond acceptors (Lipinski definition) is 3. The molecule has 0 saturated heterocycles. The van der Waals surface area contributed by atoms with Crippen LogP contribution in [0.5, 0.6) is 11.5 Å². The summed E-state index contributed by atoms with van der Waals surface area (Å²) in [7, 11) is 1.65. The summed E-state index contributed by atoms with van der Waals surface area (Å²) in [5.41, 5.74) is 6.48. The fourth-order valence-electron chi connectivity index (χ4n) is 1.49. The minimum absolute atomic E-state index is 0.118. The molecule has 0 atom stereocenters. The van der Waals surface area contributed by atoms with Crippen molar-refractivity contribution in [2.45, 2.75) is 26.4 Å². The van der Waals surface area contributed by atoms with Crippen molar-refractivity contribution in [1.29, 1.82) is 0 Å². The van der Waals surface area contributed by atoms with Gasteiger partial charge in [0.05, 0.1) is 13.2 Å². The molecule has 0 aliphatic rings. The van der Waals surface area contributed by atoms with E-state index in [-0.39, 0.29) is 6.10 Å². The van der Waals surface area contributed by atoms with Gasteiger partial charge < -0.3 is 15.2 Å². The minimum atomic E-state index is 0.118. The first-order valence-corrected chi connectivity index (χ1v) is 5.89. The molecule has 3 heteroatoms. The average Bonchev–Trinajstić information content (AvgIpc) is 2.30. The standard InChI is InChI=1S/C14H21NO2/c1-11(2)17-14-12(7-4-5-10-15)8-6-9-13(14)16-3/h4,6-9,11H,5,10,15H2,1-3H3. The normalized spacial score (nSPS) is 11.1. The van der Waals surface area contributed by atoms with E-state index in [0.717, 1.165) is 23.5 Å². The molecule has 2 N–H and O–H groups in total. The molecule has 94 valence electrons. The largest absolute Gasteiger partial charge is 0.493 e. The fourth-order valence-corrected chi connectivity index (χ4v) is 1.49. The van der Waals surface area contributed by atoms with Crippen molar-refractivity contribution in [3.05, 3.63) is 29.8 Å². The van der Waals surface area contributed by atoms with Gasteiger partial charge in [-0.05, 0) is 32.9 Å². The van der Waals surface area contributed by atoms with Crippen LogP contribution in [0.2, 0.25) is 0 Å². The molecule has 17 heavy (non-hydrogen) atoms. The Kier molecular flexibility index (Phi) is 5.57. The Hall–Kier alpha value is -1.48. The van der Waals surface area contributed by atoms with Crippen molar-refractivity contribution in [3.63, 3.8) is 0 Å². The molecule has 0 aliphatic heterocycles. The lowest BCUT2D eigenvalue weighted by Crippen LogP contribution is -2.07. The summed E-state index contributed by atoms with van der Waals surface area (Å²) in [4.78, 5) is 0. The second kappa shape index (κ2) is 6.97. The van der Waals surface area contributed by atoms with Gasteiger partial charge in [0, 0.05) is 5.56 Å². The predicted molar refractivity (Wildman–Crippen MR) is 71.5 cm³/mol. The predicted octanol–water partition coefficient (Wildman–Crippen LogP) is 2.84. The fraction of sp³-hybridized carbons (Fsp3) is 0.429. The SMILES string of the molecule is COc1cccc(C=CCCN)c1OC(C)C. The van der Waals surface area contributed by atoms with E-state index in [9.17, 15) is 0 Å². The highest BCUT2D eigenvalue weighted by Crippen LogP contribution is 2.32. The van der Waals surface area contributed by atoms with Crippen LogP contribution in [0.3, 0.4) is 0 Å². The quantitative estimate of drug-likeness (QED) is 0.824. The lowest BCUT2D eigenvalue weighted by Gasteiger charge is -2.15. The summed E-state index contributed by atoms with van der Waals surface area (Å²) in [5, 5.41) is 0. The van der Waals surface area contributed by atoms with Gasteiger partial charge in [-0.1, -0.05) is 24.3 Å². The van der Waals surface area contributed by atoms with Gasteiger partial charge in [0.2, 0.25) is 0 Å². The van der Waals surface area contributed by atoms with Crippen molar-refractivity contribution in [2.75, 3.05) is 13.7 Å². The Morgan fingerprint density at radius 1 is 1.35 bits per heavy atom. The number of rotatable bonds is 6. The minimum Gasteiger partial charge on any atom is -0.493 e. The van der Waals surface area contributed by atoms with E-state index in [4.69, 9.17) is 15.2 Å². The Bertz CT molecular complexity index is 372. The van der Waals surface area contributed by atoms with Crippen LogP contribution >= 0.6 is 0 Å². The van der Waals surface area contributed by atoms with E-state index in [0.29, 0.717) is 6.54 Å². The number of methoxy groups -OCH3 is 1. The van der Waals surface area contributed by atoms with Gasteiger partial charge in [-0.25, -0.2) is 0 Å². The molecule has 0 aromatic heterocycles. The lowest BCUT2D eigenvalue weighted by atomic mass is 10.1. The number of hydrogen-bond donors (Lipinski definition) is 1. The summed E-state index contributed by atoms with van der Waals surface area (Å²) < 4.78 is 11.1. The van der Waals surface area contributed by atoms with E-state index in [2.05, 4.69) is 0 Å². The first kappa shape index (κ1) is 13.6. The molecule has 0 heterocycles. The van der Waals surface area contributed by atoms with Crippen molar-refractivity contribution in [2.24, 2.45) is 5.73 Å². The zero-order valence-electron chi connectivity index (χ0n) is 10.8. The van der Waals surface area contributed by atoms with E-state index >= 15 is 0 Å². The van der Waals surface area contributed by atoms with E-state index in [1.54, 1.807) is 7.11 Å². The van der Waals surface area contributed by atoms with Crippen molar-refractivity contribution >= 4 is 6.08 Å². The van der Waals surface area contributed by atoms with Crippen LogP contribution in [0.1, 0.15) is 25.8 Å². The molecule has 0 radical (unpaired) electrons. The Balaban J connectivity index is 3.01. The number of para-hydroxylation sites is 1. The summed E-state index contributed by atoms with van der Waals surface area (Å²) in [6.45, 7) is 4.65. The van der Waals surface area contributed by atoms with Crippen LogP contribution in [-0.4, -0.2) is 19.8 Å². The van der Waals surface area contributed by atoms with Gasteiger partial charge in [-0.2, -0.15) is 0 Å². The third-order valence-corrected chi connectivity index (χ3v) is 2.21. The van der Waals surface area contributed by atoms with E-state index in [1.807, 2.05) is 44.2 Å². The second-order valence-electron chi connectivity index (χ2n) is 4.02. The zero-order chi connectivity index (χ0) is 12.7. The summed E-state index contributed by atoms with van der Waals surface area (Å²) in [6, 6.07) is 5.86.